The fourth-order valence-corrected chi connectivity index (χ4v) is 10.4. The van der Waals surface area contributed by atoms with Crippen LogP contribution in [0.25, 0.3) is 0 Å². The van der Waals surface area contributed by atoms with E-state index in [1.165, 1.54) is 44.0 Å². The second kappa shape index (κ2) is 41.3. The van der Waals surface area contributed by atoms with Crippen molar-refractivity contribution in [3.63, 3.8) is 0 Å². The van der Waals surface area contributed by atoms with Crippen LogP contribution in [0.15, 0.2) is 138 Å². The third kappa shape index (κ3) is 36.1. The maximum Gasteiger partial charge on any atom is 0.253 e. The first-order valence-corrected chi connectivity index (χ1v) is 32.4. The molecule has 0 aliphatic rings. The Bertz CT molecular complexity index is 2330. The number of benzene rings is 4. The third-order valence-corrected chi connectivity index (χ3v) is 15.6. The van der Waals surface area contributed by atoms with E-state index < -0.39 is 10.0 Å². The predicted molar refractivity (Wildman–Crippen MR) is 362 cm³/mol. The number of nitrogens with zero attached hydrogens (tertiary/aromatic N) is 2. The molecular formula is C69H112Cl3N5O4S. The fourth-order valence-electron chi connectivity index (χ4n) is 9.12. The summed E-state index contributed by atoms with van der Waals surface area (Å²) in [4.78, 5) is 13.5. The molecule has 4 rings (SSSR count). The Morgan fingerprint density at radius 1 is 0.512 bits per heavy atom. The van der Waals surface area contributed by atoms with E-state index in [0.29, 0.717) is 25.3 Å². The SMILES string of the molecule is CC(C)=CC(N)CC(C)(C)c1ccc(Cl)cc1.CC(C)=CC(N)CC(C)(C)c1ccc(Cl)cc1.CC(C)=CC(N)CC(C)(C)c1ccc(Cl)cc1.CCC(CC)OC(C)C.CCN(CC)C(=O)c1ccccc1.CCN(CC)S(C)(=O)=O. The van der Waals surface area contributed by atoms with Crippen molar-refractivity contribution in [1.82, 2.24) is 9.21 Å². The summed E-state index contributed by atoms with van der Waals surface area (Å²) in [6.07, 6.45) is 13.5. The van der Waals surface area contributed by atoms with Crippen molar-refractivity contribution in [3.05, 3.63) is 175 Å². The summed E-state index contributed by atoms with van der Waals surface area (Å²) in [5, 5.41) is 2.33. The molecule has 13 heteroatoms. The number of ether oxygens (including phenoxy) is 1. The Hall–Kier alpha value is -3.81. The van der Waals surface area contributed by atoms with Gasteiger partial charge < -0.3 is 26.8 Å². The van der Waals surface area contributed by atoms with E-state index >= 15 is 0 Å². The quantitative estimate of drug-likeness (QED) is 0.0665. The normalized spacial score (nSPS) is 12.4. The highest BCUT2D eigenvalue weighted by Gasteiger charge is 2.25. The van der Waals surface area contributed by atoms with E-state index in [1.54, 1.807) is 0 Å². The Balaban J connectivity index is 0. The molecule has 0 saturated carbocycles. The average Bonchev–Trinajstić information content (AvgIpc) is 3.38. The summed E-state index contributed by atoms with van der Waals surface area (Å²) in [5.41, 5.74) is 27.0. The van der Waals surface area contributed by atoms with E-state index in [1.807, 2.05) is 99.3 Å². The van der Waals surface area contributed by atoms with Gasteiger partial charge in [0.1, 0.15) is 0 Å². The highest BCUT2D eigenvalue weighted by atomic mass is 35.5. The van der Waals surface area contributed by atoms with Gasteiger partial charge in [-0.25, -0.2) is 12.7 Å². The first-order valence-electron chi connectivity index (χ1n) is 29.4. The van der Waals surface area contributed by atoms with Gasteiger partial charge in [-0.1, -0.05) is 194 Å². The molecule has 9 nitrogen and oxygen atoms in total. The first-order chi connectivity index (χ1) is 37.9. The Morgan fingerprint density at radius 2 is 0.793 bits per heavy atom. The van der Waals surface area contributed by atoms with E-state index in [9.17, 15) is 13.2 Å². The molecule has 0 spiro atoms. The molecule has 0 heterocycles. The molecule has 3 unspecified atom stereocenters. The molecule has 1 amide bonds. The largest absolute Gasteiger partial charge is 0.376 e. The number of carbonyl (C=O) groups excluding carboxylic acids is 1. The van der Waals surface area contributed by atoms with Gasteiger partial charge in [0, 0.05) is 64.9 Å². The van der Waals surface area contributed by atoms with Crippen molar-refractivity contribution < 1.29 is 17.9 Å². The average molecular weight is 1210 g/mol. The van der Waals surface area contributed by atoms with Crippen LogP contribution in [0.2, 0.25) is 15.1 Å². The number of hydrogen-bond acceptors (Lipinski definition) is 7. The van der Waals surface area contributed by atoms with Gasteiger partial charge in [0.05, 0.1) is 18.5 Å². The lowest BCUT2D eigenvalue weighted by Gasteiger charge is -2.27. The number of sulfonamides is 1. The molecular weight excluding hydrogens is 1100 g/mol. The zero-order valence-corrected chi connectivity index (χ0v) is 57.7. The van der Waals surface area contributed by atoms with E-state index in [0.717, 1.165) is 65.8 Å². The van der Waals surface area contributed by atoms with Crippen molar-refractivity contribution in [2.75, 3.05) is 32.4 Å². The van der Waals surface area contributed by atoms with Crippen LogP contribution in [0.3, 0.4) is 0 Å². The molecule has 0 saturated heterocycles. The maximum absolute atomic E-state index is 11.7. The summed E-state index contributed by atoms with van der Waals surface area (Å²) < 4.78 is 28.4. The van der Waals surface area contributed by atoms with Crippen molar-refractivity contribution in [2.24, 2.45) is 17.2 Å². The number of nitrogens with two attached hydrogens (primary N) is 3. The highest BCUT2D eigenvalue weighted by Crippen LogP contribution is 2.32. The van der Waals surface area contributed by atoms with Crippen LogP contribution in [-0.4, -0.2) is 86.3 Å². The van der Waals surface area contributed by atoms with Gasteiger partial charge in [0.15, 0.2) is 0 Å². The van der Waals surface area contributed by atoms with Crippen molar-refractivity contribution in [2.45, 2.75) is 217 Å². The van der Waals surface area contributed by atoms with E-state index in [4.69, 9.17) is 56.7 Å². The standard InChI is InChI=1S/3C15H22ClN.C11H15NO.C8H18O.C5H13NO2S/c3*1-11(2)9-14(17)10-15(3,4)12-5-7-13(16)8-6-12;1-3-12(4-2)11(13)10-8-6-5-7-9-10;1-5-8(6-2)9-7(3)4;1-4-6(5-2)9(3,7)8/h3*5-9,14H,10,17H2,1-4H3;5-9H,3-4H2,1-2H3;7-8H,5-6H2,1-4H3;4-5H2,1-3H3. The number of allylic oxidation sites excluding steroid dienone is 3. The molecule has 4 aromatic rings. The van der Waals surface area contributed by atoms with Gasteiger partial charge in [-0.3, -0.25) is 4.79 Å². The lowest BCUT2D eigenvalue weighted by Crippen LogP contribution is -2.30. The van der Waals surface area contributed by atoms with Crippen molar-refractivity contribution in [1.29, 1.82) is 0 Å². The second-order valence-electron chi connectivity index (χ2n) is 23.8. The zero-order chi connectivity index (χ0) is 63.6. The van der Waals surface area contributed by atoms with Gasteiger partial charge in [-0.05, 0) is 183 Å². The minimum absolute atomic E-state index is 0.0654. The van der Waals surface area contributed by atoms with E-state index in [2.05, 4.69) is 165 Å². The molecule has 0 aliphatic heterocycles. The first kappa shape index (κ1) is 80.3. The number of rotatable bonds is 22. The topological polar surface area (TPSA) is 145 Å². The van der Waals surface area contributed by atoms with Crippen LogP contribution < -0.4 is 17.2 Å². The molecule has 0 bridgehead atoms. The smallest absolute Gasteiger partial charge is 0.253 e. The molecule has 0 aromatic heterocycles. The summed E-state index contributed by atoms with van der Waals surface area (Å²) in [7, 11) is -2.93. The molecule has 3 atom stereocenters. The Morgan fingerprint density at radius 3 is 0.976 bits per heavy atom. The van der Waals surface area contributed by atoms with Crippen LogP contribution >= 0.6 is 34.8 Å². The summed E-state index contributed by atoms with van der Waals surface area (Å²) in [5.74, 6) is 0.116. The van der Waals surface area contributed by atoms with E-state index in [-0.39, 0.29) is 40.3 Å². The number of carbonyl (C=O) groups is 1. The highest BCUT2D eigenvalue weighted by molar-refractivity contribution is 7.88. The lowest BCUT2D eigenvalue weighted by molar-refractivity contribution is 0.00411. The fraction of sp³-hybridized carbons (Fsp3) is 0.551. The molecule has 0 radical (unpaired) electrons. The van der Waals surface area contributed by atoms with Gasteiger partial charge in [0.25, 0.3) is 5.91 Å². The minimum Gasteiger partial charge on any atom is -0.376 e. The summed E-state index contributed by atoms with van der Waals surface area (Å²) >= 11 is 17.7. The molecule has 6 N–H and O–H groups in total. The van der Waals surface area contributed by atoms with Gasteiger partial charge in [0.2, 0.25) is 10.0 Å². The monoisotopic (exact) mass is 1210 g/mol. The Labute approximate surface area is 516 Å². The van der Waals surface area contributed by atoms with Gasteiger partial charge >= 0.3 is 0 Å². The summed E-state index contributed by atoms with van der Waals surface area (Å²) in [6, 6.07) is 33.8. The number of hydrogen-bond donors (Lipinski definition) is 3. The Kier molecular flexibility index (Phi) is 40.4. The number of halogens is 3. The van der Waals surface area contributed by atoms with Crippen LogP contribution in [-0.2, 0) is 31.0 Å². The summed E-state index contributed by atoms with van der Waals surface area (Å²) in [6.45, 7) is 44.6. The predicted octanol–water partition coefficient (Wildman–Crippen LogP) is 18.0. The third-order valence-electron chi connectivity index (χ3n) is 13.4. The van der Waals surface area contributed by atoms with Crippen LogP contribution in [0.4, 0.5) is 0 Å². The van der Waals surface area contributed by atoms with Crippen molar-refractivity contribution in [3.8, 4) is 0 Å². The van der Waals surface area contributed by atoms with Gasteiger partial charge in [-0.15, -0.1) is 0 Å². The molecule has 464 valence electrons. The minimum atomic E-state index is -2.93. The number of amides is 1. The van der Waals surface area contributed by atoms with Crippen molar-refractivity contribution >= 4 is 50.7 Å². The zero-order valence-electron chi connectivity index (χ0n) is 54.6. The lowest BCUT2D eigenvalue weighted by atomic mass is 9.79. The molecule has 4 aromatic carbocycles. The van der Waals surface area contributed by atoms with Crippen LogP contribution in [0.5, 0.6) is 0 Å². The van der Waals surface area contributed by atoms with Crippen LogP contribution in [0, 0.1) is 0 Å². The van der Waals surface area contributed by atoms with Crippen LogP contribution in [0.1, 0.15) is 198 Å². The molecule has 0 aliphatic carbocycles. The maximum atomic E-state index is 11.7. The second-order valence-corrected chi connectivity index (χ2v) is 27.1. The van der Waals surface area contributed by atoms with Gasteiger partial charge in [-0.2, -0.15) is 0 Å². The molecule has 82 heavy (non-hydrogen) atoms. The molecule has 0 fully saturated rings.